The molecule has 1 aromatic carbocycles. The lowest BCUT2D eigenvalue weighted by molar-refractivity contribution is 0.0802. The highest BCUT2D eigenvalue weighted by Crippen LogP contribution is 2.21. The Labute approximate surface area is 171 Å². The first kappa shape index (κ1) is 25.3. The molecule has 0 atom stereocenters. The van der Waals surface area contributed by atoms with Crippen LogP contribution in [-0.4, -0.2) is 64.4 Å². The molecule has 7 nitrogen and oxygen atoms in total. The molecule has 0 unspecified atom stereocenters. The molecule has 0 radical (unpaired) electrons. The molecular weight excluding hydrogens is 396 g/mol. The van der Waals surface area contributed by atoms with Crippen LogP contribution in [0.4, 0.5) is 0 Å². The molecule has 0 bridgehead atoms. The maximum Gasteiger partial charge on any atom is 0.541 e. The maximum atomic E-state index is 6.18. The fraction of sp³-hybridized carbons (Fsp3) is 0.684. The van der Waals surface area contributed by atoms with Crippen molar-refractivity contribution in [1.82, 2.24) is 0 Å². The lowest BCUT2D eigenvalue weighted by Gasteiger charge is -2.35. The first-order valence-electron chi connectivity index (χ1n) is 10.1. The molecule has 0 saturated heterocycles. The average Bonchev–Trinajstić information content (AvgIpc) is 2.68. The summed E-state index contributed by atoms with van der Waals surface area (Å²) in [5.41, 5.74) is 0. The molecule has 0 aliphatic heterocycles. The van der Waals surface area contributed by atoms with Gasteiger partial charge in [0.1, 0.15) is 5.75 Å². The zero-order valence-corrected chi connectivity index (χ0v) is 20.3. The lowest BCUT2D eigenvalue weighted by atomic mass is 10.3. The second-order valence-electron chi connectivity index (χ2n) is 5.59. The van der Waals surface area contributed by atoms with Crippen molar-refractivity contribution in [2.24, 2.45) is 0 Å². The normalized spacial score (nSPS) is 12.4. The van der Waals surface area contributed by atoms with Crippen LogP contribution in [0.25, 0.3) is 0 Å². The zero-order chi connectivity index (χ0) is 21.0. The molecule has 0 fully saturated rings. The van der Waals surface area contributed by atoms with E-state index in [-0.39, 0.29) is 0 Å². The van der Waals surface area contributed by atoms with Gasteiger partial charge in [-0.3, -0.25) is 0 Å². The summed E-state index contributed by atoms with van der Waals surface area (Å²) in [6.07, 6.45) is 0. The molecule has 0 aliphatic rings. The van der Waals surface area contributed by atoms with Gasteiger partial charge in [0.25, 0.3) is 0 Å². The Hall–Kier alpha value is -0.786. The first-order chi connectivity index (χ1) is 13.5. The molecular formula is C19H36O7Si2. The van der Waals surface area contributed by atoms with E-state index in [9.17, 15) is 0 Å². The van der Waals surface area contributed by atoms with Crippen molar-refractivity contribution in [2.45, 2.75) is 41.5 Å². The SMILES string of the molecule is CCO[Si](OCC)(OCC)c1cccc(OC)c1[Si](OCC)(OCC)OCC. The standard InChI is InChI=1S/C19H36O7Si2/c1-8-21-27(22-9-2,23-10-3)18-16-14-15-17(20-7)19(18)28(24-11-4,25-12-5)26-13-6/h14-16H,8-13H2,1-7H3. The van der Waals surface area contributed by atoms with Gasteiger partial charge in [-0.25, -0.2) is 0 Å². The van der Waals surface area contributed by atoms with E-state index < -0.39 is 17.6 Å². The Morgan fingerprint density at radius 2 is 1.00 bits per heavy atom. The summed E-state index contributed by atoms with van der Waals surface area (Å²) in [5.74, 6) is 0.621. The second-order valence-corrected chi connectivity index (χ2v) is 10.6. The van der Waals surface area contributed by atoms with Gasteiger partial charge in [0.05, 0.1) is 12.3 Å². The third-order valence-corrected chi connectivity index (χ3v) is 10.4. The number of hydrogen-bond acceptors (Lipinski definition) is 7. The Bertz CT molecular complexity index is 537. The Morgan fingerprint density at radius 3 is 1.36 bits per heavy atom. The van der Waals surface area contributed by atoms with E-state index in [1.165, 1.54) is 0 Å². The van der Waals surface area contributed by atoms with Crippen molar-refractivity contribution in [1.29, 1.82) is 0 Å². The number of ether oxygens (including phenoxy) is 1. The Morgan fingerprint density at radius 1 is 0.607 bits per heavy atom. The van der Waals surface area contributed by atoms with Gasteiger partial charge in [0.2, 0.25) is 0 Å². The Kier molecular flexibility index (Phi) is 11.5. The molecule has 0 heterocycles. The molecule has 1 aromatic rings. The van der Waals surface area contributed by atoms with Crippen LogP contribution in [0, 0.1) is 0 Å². The lowest BCUT2D eigenvalue weighted by Crippen LogP contribution is -2.70. The monoisotopic (exact) mass is 432 g/mol. The number of benzene rings is 1. The molecule has 9 heteroatoms. The molecule has 0 saturated carbocycles. The minimum absolute atomic E-state index is 0.441. The summed E-state index contributed by atoms with van der Waals surface area (Å²) in [6, 6.07) is 5.73. The van der Waals surface area contributed by atoms with Gasteiger partial charge in [-0.2, -0.15) is 0 Å². The van der Waals surface area contributed by atoms with Gasteiger partial charge in [-0.1, -0.05) is 12.1 Å². The smallest absolute Gasteiger partial charge is 0.497 e. The quantitative estimate of drug-likeness (QED) is 0.394. The van der Waals surface area contributed by atoms with E-state index in [0.29, 0.717) is 45.4 Å². The number of rotatable bonds is 15. The summed E-state index contributed by atoms with van der Waals surface area (Å²) in [6.45, 7) is 14.2. The van der Waals surface area contributed by atoms with Crippen LogP contribution >= 0.6 is 0 Å². The molecule has 0 amide bonds. The molecule has 0 N–H and O–H groups in total. The van der Waals surface area contributed by atoms with Gasteiger partial charge in [0.15, 0.2) is 0 Å². The first-order valence-corrected chi connectivity index (χ1v) is 13.5. The topological polar surface area (TPSA) is 64.6 Å². The molecule has 1 rings (SSSR count). The van der Waals surface area contributed by atoms with Crippen molar-refractivity contribution in [2.75, 3.05) is 46.8 Å². The van der Waals surface area contributed by atoms with Gasteiger partial charge >= 0.3 is 17.6 Å². The van der Waals surface area contributed by atoms with E-state index in [2.05, 4.69) is 0 Å². The van der Waals surface area contributed by atoms with Gasteiger partial charge < -0.3 is 31.3 Å². The van der Waals surface area contributed by atoms with Crippen LogP contribution in [-0.2, 0) is 26.6 Å². The van der Waals surface area contributed by atoms with E-state index in [4.69, 9.17) is 31.3 Å². The van der Waals surface area contributed by atoms with Gasteiger partial charge in [-0.15, -0.1) is 0 Å². The van der Waals surface area contributed by atoms with Crippen LogP contribution in [0.3, 0.4) is 0 Å². The van der Waals surface area contributed by atoms with Crippen LogP contribution in [0.2, 0.25) is 0 Å². The zero-order valence-electron chi connectivity index (χ0n) is 18.3. The predicted molar refractivity (Wildman–Crippen MR) is 114 cm³/mol. The summed E-state index contributed by atoms with van der Waals surface area (Å²) in [7, 11) is -4.93. The Balaban J connectivity index is 3.84. The summed E-state index contributed by atoms with van der Waals surface area (Å²) in [4.78, 5) is 0. The van der Waals surface area contributed by atoms with Crippen LogP contribution in [0.1, 0.15) is 41.5 Å². The largest absolute Gasteiger partial charge is 0.541 e. The molecule has 0 aromatic heterocycles. The average molecular weight is 433 g/mol. The van der Waals surface area contributed by atoms with Crippen molar-refractivity contribution in [3.8, 4) is 5.75 Å². The van der Waals surface area contributed by atoms with E-state index in [1.807, 2.05) is 59.7 Å². The molecule has 0 aliphatic carbocycles. The van der Waals surface area contributed by atoms with Crippen LogP contribution in [0.5, 0.6) is 5.75 Å². The van der Waals surface area contributed by atoms with Crippen molar-refractivity contribution in [3.05, 3.63) is 18.2 Å². The van der Waals surface area contributed by atoms with Crippen molar-refractivity contribution in [3.63, 3.8) is 0 Å². The molecule has 28 heavy (non-hydrogen) atoms. The maximum absolute atomic E-state index is 6.18. The highest BCUT2D eigenvalue weighted by atomic mass is 28.4. The predicted octanol–water partition coefficient (Wildman–Crippen LogP) is 2.21. The summed E-state index contributed by atoms with van der Waals surface area (Å²) >= 11 is 0. The fourth-order valence-electron chi connectivity index (χ4n) is 3.11. The van der Waals surface area contributed by atoms with E-state index in [1.54, 1.807) is 7.11 Å². The van der Waals surface area contributed by atoms with E-state index in [0.717, 1.165) is 10.4 Å². The highest BCUT2D eigenvalue weighted by Gasteiger charge is 2.55. The third-order valence-electron chi connectivity index (χ3n) is 3.89. The molecule has 0 spiro atoms. The minimum Gasteiger partial charge on any atom is -0.497 e. The van der Waals surface area contributed by atoms with E-state index >= 15 is 0 Å². The minimum atomic E-state index is -3.31. The number of hydrogen-bond donors (Lipinski definition) is 0. The van der Waals surface area contributed by atoms with Crippen LogP contribution in [0.15, 0.2) is 18.2 Å². The highest BCUT2D eigenvalue weighted by molar-refractivity contribution is 6.87. The van der Waals surface area contributed by atoms with Crippen molar-refractivity contribution < 1.29 is 31.3 Å². The number of methoxy groups -OCH3 is 1. The van der Waals surface area contributed by atoms with Gasteiger partial charge in [-0.05, 0) is 47.6 Å². The summed E-state index contributed by atoms with van der Waals surface area (Å²) in [5, 5.41) is 1.50. The third kappa shape index (κ3) is 5.64. The fourth-order valence-corrected chi connectivity index (χ4v) is 9.34. The molecule has 162 valence electrons. The van der Waals surface area contributed by atoms with Gasteiger partial charge in [0, 0.05) is 44.8 Å². The summed E-state index contributed by atoms with van der Waals surface area (Å²) < 4.78 is 42.7. The van der Waals surface area contributed by atoms with Crippen molar-refractivity contribution >= 4 is 28.0 Å². The van der Waals surface area contributed by atoms with Crippen LogP contribution < -0.4 is 15.1 Å². The second kappa shape index (κ2) is 12.7.